The van der Waals surface area contributed by atoms with E-state index >= 15 is 0 Å². The highest BCUT2D eigenvalue weighted by Gasteiger charge is 2.20. The first-order valence-corrected chi connectivity index (χ1v) is 10.1. The van der Waals surface area contributed by atoms with E-state index in [9.17, 15) is 8.42 Å². The summed E-state index contributed by atoms with van der Waals surface area (Å²) in [7, 11) is -1.06. The number of methoxy groups -OCH3 is 2. The summed E-state index contributed by atoms with van der Waals surface area (Å²) in [5.74, 6) is 0.615. The highest BCUT2D eigenvalue weighted by atomic mass is 35.5. The lowest BCUT2D eigenvalue weighted by Gasteiger charge is -2.11. The molecule has 2 rings (SSSR count). The Morgan fingerprint density at radius 1 is 1.24 bits per heavy atom. The monoisotopic (exact) mass is 402 g/mol. The largest absolute Gasteiger partial charge is 0.497 e. The summed E-state index contributed by atoms with van der Waals surface area (Å²) >= 11 is 7.31. The Morgan fingerprint density at radius 3 is 2.56 bits per heavy atom. The fourth-order valence-corrected chi connectivity index (χ4v) is 4.18. The molecule has 0 aliphatic rings. The Balaban J connectivity index is 2.36. The molecule has 0 atom stereocenters. The number of nitrogens with zero attached hydrogens (tertiary/aromatic N) is 1. The predicted octanol–water partition coefficient (Wildman–Crippen LogP) is 3.90. The Labute approximate surface area is 156 Å². The molecule has 2 aromatic rings. The van der Waals surface area contributed by atoms with Crippen LogP contribution in [-0.2, 0) is 10.0 Å². The zero-order valence-electron chi connectivity index (χ0n) is 14.1. The maximum atomic E-state index is 12.6. The van der Waals surface area contributed by atoms with Gasteiger partial charge in [-0.3, -0.25) is 0 Å². The molecule has 6 nitrogen and oxygen atoms in total. The minimum absolute atomic E-state index is 0.0434. The molecule has 9 heteroatoms. The smallest absolute Gasteiger partial charge is 0.280 e. The standard InChI is InChI=1S/C16H19ClN2O4S2/c1-4-5-12(14-8-9-16(17)24-14)18-19-25(20,21)15-10-11(22-2)6-7-13(15)23-3/h6-10,19H,4-5H2,1-3H3/b18-12+. The molecule has 0 bridgehead atoms. The molecular formula is C16H19ClN2O4S2. The van der Waals surface area contributed by atoms with Crippen molar-refractivity contribution in [2.45, 2.75) is 24.7 Å². The average molecular weight is 403 g/mol. The van der Waals surface area contributed by atoms with Crippen LogP contribution in [0.3, 0.4) is 0 Å². The number of halogens is 1. The van der Waals surface area contributed by atoms with E-state index in [1.54, 1.807) is 12.1 Å². The summed E-state index contributed by atoms with van der Waals surface area (Å²) in [5, 5.41) is 4.11. The molecule has 136 valence electrons. The third-order valence-corrected chi connectivity index (χ3v) is 5.82. The van der Waals surface area contributed by atoms with E-state index in [1.807, 2.05) is 13.0 Å². The summed E-state index contributed by atoms with van der Waals surface area (Å²) in [6, 6.07) is 8.12. The van der Waals surface area contributed by atoms with Crippen LogP contribution in [0.15, 0.2) is 40.3 Å². The van der Waals surface area contributed by atoms with Gasteiger partial charge in [0.15, 0.2) is 0 Å². The van der Waals surface area contributed by atoms with Crippen molar-refractivity contribution in [3.63, 3.8) is 0 Å². The Morgan fingerprint density at radius 2 is 2.00 bits per heavy atom. The van der Waals surface area contributed by atoms with Crippen molar-refractivity contribution in [3.8, 4) is 11.5 Å². The van der Waals surface area contributed by atoms with E-state index in [0.717, 1.165) is 11.3 Å². The molecule has 0 fully saturated rings. The van der Waals surface area contributed by atoms with Gasteiger partial charge in [0.1, 0.15) is 16.4 Å². The Hall–Kier alpha value is -1.77. The maximum absolute atomic E-state index is 12.6. The molecule has 0 radical (unpaired) electrons. The summed E-state index contributed by atoms with van der Waals surface area (Å²) < 4.78 is 36.1. The van der Waals surface area contributed by atoms with Crippen LogP contribution >= 0.6 is 22.9 Å². The maximum Gasteiger partial charge on any atom is 0.280 e. The van der Waals surface area contributed by atoms with E-state index in [-0.39, 0.29) is 10.6 Å². The van der Waals surface area contributed by atoms with Crippen molar-refractivity contribution < 1.29 is 17.9 Å². The molecule has 0 unspecified atom stereocenters. The second kappa shape index (κ2) is 8.55. The van der Waals surface area contributed by atoms with Gasteiger partial charge in [-0.2, -0.15) is 18.4 Å². The highest BCUT2D eigenvalue weighted by molar-refractivity contribution is 7.89. The number of hydrogen-bond donors (Lipinski definition) is 1. The second-order valence-electron chi connectivity index (χ2n) is 5.02. The number of hydrazone groups is 1. The lowest BCUT2D eigenvalue weighted by Crippen LogP contribution is -2.21. The fourth-order valence-electron chi connectivity index (χ4n) is 2.10. The molecule has 1 N–H and O–H groups in total. The van der Waals surface area contributed by atoms with Crippen LogP contribution in [0.4, 0.5) is 0 Å². The molecule has 0 amide bonds. The van der Waals surface area contributed by atoms with Crippen LogP contribution in [0, 0.1) is 0 Å². The first-order valence-electron chi connectivity index (χ1n) is 7.47. The summed E-state index contributed by atoms with van der Waals surface area (Å²) in [5.41, 5.74) is 0.629. The third-order valence-electron chi connectivity index (χ3n) is 3.31. The second-order valence-corrected chi connectivity index (χ2v) is 8.37. The van der Waals surface area contributed by atoms with Crippen molar-refractivity contribution in [3.05, 3.63) is 39.5 Å². The number of rotatable bonds is 8. The first-order chi connectivity index (χ1) is 11.9. The van der Waals surface area contributed by atoms with Crippen molar-refractivity contribution >= 4 is 38.7 Å². The van der Waals surface area contributed by atoms with E-state index in [4.69, 9.17) is 21.1 Å². The molecule has 0 aliphatic carbocycles. The minimum atomic E-state index is -3.92. The fraction of sp³-hybridized carbons (Fsp3) is 0.312. The van der Waals surface area contributed by atoms with Gasteiger partial charge < -0.3 is 9.47 Å². The Kier molecular flexibility index (Phi) is 6.69. The minimum Gasteiger partial charge on any atom is -0.497 e. The molecule has 1 heterocycles. The quantitative estimate of drug-likeness (QED) is 0.536. The lowest BCUT2D eigenvalue weighted by atomic mass is 10.2. The third kappa shape index (κ3) is 4.87. The van der Waals surface area contributed by atoms with E-state index in [0.29, 0.717) is 22.2 Å². The molecule has 25 heavy (non-hydrogen) atoms. The van der Waals surface area contributed by atoms with Gasteiger partial charge >= 0.3 is 0 Å². The van der Waals surface area contributed by atoms with E-state index in [1.165, 1.54) is 37.7 Å². The Bertz CT molecular complexity index is 863. The van der Waals surface area contributed by atoms with Crippen LogP contribution in [0.1, 0.15) is 24.6 Å². The van der Waals surface area contributed by atoms with Gasteiger partial charge in [0.25, 0.3) is 10.0 Å². The summed E-state index contributed by atoms with van der Waals surface area (Å²) in [4.78, 5) is 3.06. The zero-order valence-corrected chi connectivity index (χ0v) is 16.5. The topological polar surface area (TPSA) is 77.0 Å². The van der Waals surface area contributed by atoms with Crippen LogP contribution < -0.4 is 14.3 Å². The van der Waals surface area contributed by atoms with Crippen LogP contribution in [-0.4, -0.2) is 28.3 Å². The predicted molar refractivity (Wildman–Crippen MR) is 101 cm³/mol. The molecule has 1 aromatic heterocycles. The molecule has 0 aliphatic heterocycles. The molecule has 0 saturated carbocycles. The van der Waals surface area contributed by atoms with Gasteiger partial charge in [-0.25, -0.2) is 0 Å². The number of nitrogens with one attached hydrogen (secondary N) is 1. The number of thiophene rings is 1. The SMILES string of the molecule is CCC/C(=N\NS(=O)(=O)c1cc(OC)ccc1OC)c1ccc(Cl)s1. The number of sulfonamides is 1. The van der Waals surface area contributed by atoms with Gasteiger partial charge in [-0.05, 0) is 30.7 Å². The normalized spacial score (nSPS) is 12.1. The molecule has 1 aromatic carbocycles. The molecule has 0 spiro atoms. The van der Waals surface area contributed by atoms with E-state index < -0.39 is 10.0 Å². The number of hydrogen-bond acceptors (Lipinski definition) is 6. The zero-order chi connectivity index (χ0) is 18.4. The van der Waals surface area contributed by atoms with Crippen LogP contribution in [0.5, 0.6) is 11.5 Å². The van der Waals surface area contributed by atoms with Crippen molar-refractivity contribution in [2.75, 3.05) is 14.2 Å². The summed E-state index contributed by atoms with van der Waals surface area (Å²) in [6.07, 6.45) is 1.44. The van der Waals surface area contributed by atoms with Crippen LogP contribution in [0.2, 0.25) is 4.34 Å². The molecule has 0 saturated heterocycles. The van der Waals surface area contributed by atoms with E-state index in [2.05, 4.69) is 9.93 Å². The lowest BCUT2D eigenvalue weighted by molar-refractivity contribution is 0.392. The van der Waals surface area contributed by atoms with Crippen LogP contribution in [0.25, 0.3) is 0 Å². The number of benzene rings is 1. The summed E-state index contributed by atoms with van der Waals surface area (Å²) in [6.45, 7) is 1.99. The van der Waals surface area contributed by atoms with Gasteiger partial charge in [0, 0.05) is 6.07 Å². The van der Waals surface area contributed by atoms with Gasteiger partial charge in [-0.1, -0.05) is 24.9 Å². The van der Waals surface area contributed by atoms with Crippen molar-refractivity contribution in [1.29, 1.82) is 0 Å². The average Bonchev–Trinajstić information content (AvgIpc) is 3.04. The highest BCUT2D eigenvalue weighted by Crippen LogP contribution is 2.28. The molecular weight excluding hydrogens is 384 g/mol. The number of ether oxygens (including phenoxy) is 2. The van der Waals surface area contributed by atoms with Crippen molar-refractivity contribution in [2.24, 2.45) is 5.10 Å². The first kappa shape index (κ1) is 19.6. The van der Waals surface area contributed by atoms with Gasteiger partial charge in [-0.15, -0.1) is 11.3 Å². The van der Waals surface area contributed by atoms with Gasteiger partial charge in [0.05, 0.1) is 29.1 Å². The van der Waals surface area contributed by atoms with Crippen molar-refractivity contribution in [1.82, 2.24) is 4.83 Å². The van der Waals surface area contributed by atoms with Gasteiger partial charge in [0.2, 0.25) is 0 Å².